The lowest BCUT2D eigenvalue weighted by Gasteiger charge is -2.42. The van der Waals surface area contributed by atoms with Crippen molar-refractivity contribution in [3.8, 4) is 0 Å². The molecule has 4 saturated heterocycles. The van der Waals surface area contributed by atoms with E-state index in [0.717, 1.165) is 117 Å². The number of amides is 1. The average molecular weight is 937 g/mol. The zero-order valence-electron chi connectivity index (χ0n) is 41.9. The number of aliphatic carboxylic acids is 1. The van der Waals surface area contributed by atoms with E-state index >= 15 is 0 Å². The summed E-state index contributed by atoms with van der Waals surface area (Å²) in [6, 6.07) is 37.0. The lowest BCUT2D eigenvalue weighted by Crippen LogP contribution is -2.57. The van der Waals surface area contributed by atoms with Crippen molar-refractivity contribution in [3.05, 3.63) is 142 Å². The van der Waals surface area contributed by atoms with Crippen molar-refractivity contribution in [2.75, 3.05) is 65.4 Å². The second-order valence-corrected chi connectivity index (χ2v) is 20.9. The Bertz CT molecular complexity index is 2210. The van der Waals surface area contributed by atoms with Gasteiger partial charge in [-0.05, 0) is 161 Å². The van der Waals surface area contributed by atoms with Gasteiger partial charge in [0.05, 0.1) is 12.1 Å². The number of rotatable bonds is 8. The maximum Gasteiger partial charge on any atom is 0.376 e. The molecule has 2 atom stereocenters. The first-order valence-corrected chi connectivity index (χ1v) is 26.3. The topological polar surface area (TPSA) is 123 Å². The van der Waals surface area contributed by atoms with Crippen molar-refractivity contribution >= 4 is 26.0 Å². The zero-order chi connectivity index (χ0) is 48.4. The summed E-state index contributed by atoms with van der Waals surface area (Å²) in [4.78, 5) is 35.5. The molecule has 13 heteroatoms. The number of hydrogen-bond acceptors (Lipinski definition) is 9. The van der Waals surface area contributed by atoms with Crippen molar-refractivity contribution in [3.63, 3.8) is 0 Å². The van der Waals surface area contributed by atoms with Crippen LogP contribution in [0.5, 0.6) is 0 Å². The molecule has 4 N–H and O–H groups in total. The fourth-order valence-electron chi connectivity index (χ4n) is 12.2. The number of nitrogens with zero attached hydrogens (tertiary/aromatic N) is 5. The number of carboxylic acid groups (broad SMARTS) is 1. The molecule has 4 heterocycles. The SMILES string of the molecule is CB(O)N1CCN(C(=O)CC2CCN(C3c4ccccc4CCc4ccccc43)CC2)[C@@H](C)C1.CB(O)N1CCN[C@@H](C)C1.O=C(O)CC1CCN(C2c3ccccc3CCc3ccccc32)CC1. The maximum absolute atomic E-state index is 13.1. The highest BCUT2D eigenvalue weighted by molar-refractivity contribution is 6.45. The summed E-state index contributed by atoms with van der Waals surface area (Å²) in [5.74, 6) is 0.414. The molecular formula is C56H78B2N6O5. The smallest absolute Gasteiger partial charge is 0.376 e. The number of nitrogens with one attached hydrogen (secondary N) is 1. The van der Waals surface area contributed by atoms with Crippen LogP contribution in [0.15, 0.2) is 97.1 Å². The van der Waals surface area contributed by atoms with Crippen LogP contribution in [0.2, 0.25) is 13.6 Å². The number of piperidine rings is 2. The highest BCUT2D eigenvalue weighted by Gasteiger charge is 2.36. The Morgan fingerprint density at radius 2 is 0.942 bits per heavy atom. The molecule has 0 spiro atoms. The molecule has 0 unspecified atom stereocenters. The fraction of sp³-hybridized carbons (Fsp3) is 0.536. The normalized spacial score (nSPS) is 22.2. The molecule has 1 amide bonds. The molecule has 0 saturated carbocycles. The summed E-state index contributed by atoms with van der Waals surface area (Å²) >= 11 is 0. The highest BCUT2D eigenvalue weighted by Crippen LogP contribution is 2.41. The van der Waals surface area contributed by atoms with E-state index < -0.39 is 13.0 Å². The summed E-state index contributed by atoms with van der Waals surface area (Å²) < 4.78 is 0. The Morgan fingerprint density at radius 1 is 0.551 bits per heavy atom. The van der Waals surface area contributed by atoms with Gasteiger partial charge < -0.3 is 35.0 Å². The Labute approximate surface area is 413 Å². The molecule has 368 valence electrons. The van der Waals surface area contributed by atoms with Gasteiger partial charge in [-0.2, -0.15) is 0 Å². The first-order valence-electron chi connectivity index (χ1n) is 26.3. The third-order valence-corrected chi connectivity index (χ3v) is 16.1. The third-order valence-electron chi connectivity index (χ3n) is 16.1. The van der Waals surface area contributed by atoms with Gasteiger partial charge in [-0.3, -0.25) is 19.4 Å². The number of carboxylic acids is 1. The van der Waals surface area contributed by atoms with Gasteiger partial charge in [0.2, 0.25) is 5.91 Å². The molecule has 4 aromatic rings. The molecule has 4 aliphatic heterocycles. The minimum atomic E-state index is -0.663. The van der Waals surface area contributed by atoms with Gasteiger partial charge in [-0.25, -0.2) is 0 Å². The van der Waals surface area contributed by atoms with Gasteiger partial charge in [0.1, 0.15) is 0 Å². The molecule has 11 nitrogen and oxygen atoms in total. The van der Waals surface area contributed by atoms with E-state index in [1.165, 1.54) is 44.5 Å². The van der Waals surface area contributed by atoms with E-state index in [1.807, 2.05) is 18.5 Å². The summed E-state index contributed by atoms with van der Waals surface area (Å²) in [5.41, 5.74) is 11.7. The molecule has 69 heavy (non-hydrogen) atoms. The second-order valence-electron chi connectivity index (χ2n) is 20.9. The molecule has 6 aliphatic rings. The lowest BCUT2D eigenvalue weighted by molar-refractivity contribution is -0.138. The second kappa shape index (κ2) is 24.2. The van der Waals surface area contributed by atoms with Crippen molar-refractivity contribution < 1.29 is 24.7 Å². The van der Waals surface area contributed by atoms with Crippen molar-refractivity contribution in [2.24, 2.45) is 11.8 Å². The monoisotopic (exact) mass is 937 g/mol. The van der Waals surface area contributed by atoms with Crippen LogP contribution in [-0.2, 0) is 35.3 Å². The standard InChI is InChI=1S/C28H38BN3O2.C22H25NO2.C6H15BN2O/c1-21-20-31(29(2)34)17-18-32(21)27(33)19-22-13-15-30(16-14-22)28-25-9-5-3-7-23(25)11-12-24-8-4-6-10-26(24)28;24-21(25)15-16-11-13-23(14-12-16)22-19-7-3-1-5-17(19)9-10-18-6-2-4-8-20(18)22;1-6-5-9(7(2)10)4-3-8-6/h3-10,21-22,28,34H,11-20H2,1-2H3;1-8,16,22H,9-15H2,(H,24,25);6,8,10H,3-5H2,1-2H3/t21-;;6-/m0.0/s1. The van der Waals surface area contributed by atoms with Gasteiger partial charge in [-0.15, -0.1) is 0 Å². The van der Waals surface area contributed by atoms with E-state index in [9.17, 15) is 19.6 Å². The van der Waals surface area contributed by atoms with Gasteiger partial charge in [0, 0.05) is 64.2 Å². The number of benzene rings is 4. The van der Waals surface area contributed by atoms with Crippen LogP contribution in [0.25, 0.3) is 0 Å². The fourth-order valence-corrected chi connectivity index (χ4v) is 12.2. The van der Waals surface area contributed by atoms with E-state index in [2.05, 4.69) is 136 Å². The first-order chi connectivity index (χ1) is 33.4. The molecule has 4 aromatic carbocycles. The van der Waals surface area contributed by atoms with Crippen LogP contribution >= 0.6 is 0 Å². The van der Waals surface area contributed by atoms with Gasteiger partial charge >= 0.3 is 20.1 Å². The number of likely N-dealkylation sites (tertiary alicyclic amines) is 2. The van der Waals surface area contributed by atoms with Crippen LogP contribution in [0.3, 0.4) is 0 Å². The van der Waals surface area contributed by atoms with Gasteiger partial charge in [0.25, 0.3) is 0 Å². The highest BCUT2D eigenvalue weighted by atomic mass is 16.4. The summed E-state index contributed by atoms with van der Waals surface area (Å²) in [5, 5.41) is 31.4. The Balaban J connectivity index is 0.000000160. The van der Waals surface area contributed by atoms with Gasteiger partial charge in [-0.1, -0.05) is 97.1 Å². The maximum atomic E-state index is 13.1. The average Bonchev–Trinajstić information content (AvgIpc) is 3.63. The van der Waals surface area contributed by atoms with E-state index in [1.54, 1.807) is 0 Å². The Kier molecular flexibility index (Phi) is 17.9. The number of carbonyl (C=O) groups is 2. The number of carbonyl (C=O) groups excluding carboxylic acids is 1. The molecular weight excluding hydrogens is 858 g/mol. The van der Waals surface area contributed by atoms with Crippen LogP contribution < -0.4 is 5.32 Å². The van der Waals surface area contributed by atoms with Crippen LogP contribution in [0.4, 0.5) is 0 Å². The minimum Gasteiger partial charge on any atom is -0.481 e. The van der Waals surface area contributed by atoms with Gasteiger partial charge in [0.15, 0.2) is 0 Å². The number of piperazine rings is 2. The van der Waals surface area contributed by atoms with E-state index in [4.69, 9.17) is 5.11 Å². The van der Waals surface area contributed by atoms with Crippen molar-refractivity contribution in [1.82, 2.24) is 29.6 Å². The molecule has 0 bridgehead atoms. The largest absolute Gasteiger partial charge is 0.481 e. The number of fused-ring (bicyclic) bond motifs is 4. The Hall–Kier alpha value is -4.33. The molecule has 10 rings (SSSR count). The Morgan fingerprint density at radius 3 is 1.30 bits per heavy atom. The summed E-state index contributed by atoms with van der Waals surface area (Å²) in [6.45, 7) is 17.0. The lowest BCUT2D eigenvalue weighted by atomic mass is 9.83. The number of aryl methyl sites for hydroxylation is 4. The predicted molar refractivity (Wildman–Crippen MR) is 279 cm³/mol. The predicted octanol–water partition coefficient (Wildman–Crippen LogP) is 7.07. The quantitative estimate of drug-likeness (QED) is 0.137. The zero-order valence-corrected chi connectivity index (χ0v) is 41.9. The van der Waals surface area contributed by atoms with E-state index in [0.29, 0.717) is 48.7 Å². The summed E-state index contributed by atoms with van der Waals surface area (Å²) in [6.07, 6.45) is 9.49. The number of hydrogen-bond donors (Lipinski definition) is 4. The van der Waals surface area contributed by atoms with Crippen molar-refractivity contribution in [1.29, 1.82) is 0 Å². The summed E-state index contributed by atoms with van der Waals surface area (Å²) in [7, 11) is -0.729. The third kappa shape index (κ3) is 13.0. The first kappa shape index (κ1) is 51.0. The molecule has 0 radical (unpaired) electrons. The van der Waals surface area contributed by atoms with Crippen LogP contribution in [-0.4, -0.2) is 143 Å². The van der Waals surface area contributed by atoms with Crippen LogP contribution in [0, 0.1) is 11.8 Å². The molecule has 2 aliphatic carbocycles. The van der Waals surface area contributed by atoms with E-state index in [-0.39, 0.29) is 13.1 Å². The van der Waals surface area contributed by atoms with Crippen LogP contribution in [0.1, 0.15) is 109 Å². The minimum absolute atomic E-state index is 0.162. The molecule has 4 fully saturated rings. The van der Waals surface area contributed by atoms with Crippen molar-refractivity contribution in [2.45, 2.75) is 116 Å². The molecule has 0 aromatic heterocycles.